The van der Waals surface area contributed by atoms with Crippen molar-refractivity contribution in [3.63, 3.8) is 0 Å². The van der Waals surface area contributed by atoms with Crippen LogP contribution in [-0.4, -0.2) is 34.5 Å². The highest BCUT2D eigenvalue weighted by Gasteiger charge is 2.24. The van der Waals surface area contributed by atoms with E-state index in [-0.39, 0.29) is 4.90 Å². The normalized spacial score (nSPS) is 12.2. The molecule has 32 heavy (non-hydrogen) atoms. The molecule has 0 aliphatic carbocycles. The maximum atomic E-state index is 11.9. The van der Waals surface area contributed by atoms with Crippen LogP contribution in [0.2, 0.25) is 5.02 Å². The molecule has 0 saturated heterocycles. The SMILES string of the molecule is CC(C)(O)c1cc(-c2ccc(-c3cccc(S(C)(=O)=O)c3)cn2)n(-c2ccccc2Cl)n1. The topological polar surface area (TPSA) is 85.1 Å². The standard InChI is InChI=1S/C24H22ClN3O3S/c1-24(2,29)23-14-22(28(27-23)21-10-5-4-9-19(21)25)20-12-11-17(15-26-20)16-7-6-8-18(13-16)32(3,30)31/h4-15,29H,1-3H3. The van der Waals surface area contributed by atoms with E-state index in [9.17, 15) is 13.5 Å². The molecule has 1 N–H and O–H groups in total. The van der Waals surface area contributed by atoms with Crippen LogP contribution in [0.25, 0.3) is 28.2 Å². The van der Waals surface area contributed by atoms with Crippen molar-refractivity contribution < 1.29 is 13.5 Å². The lowest BCUT2D eigenvalue weighted by Crippen LogP contribution is -2.16. The van der Waals surface area contributed by atoms with Gasteiger partial charge in [-0.15, -0.1) is 0 Å². The van der Waals surface area contributed by atoms with Gasteiger partial charge >= 0.3 is 0 Å². The zero-order valence-electron chi connectivity index (χ0n) is 17.8. The number of hydrogen-bond acceptors (Lipinski definition) is 5. The Hall–Kier alpha value is -3.00. The highest BCUT2D eigenvalue weighted by Crippen LogP contribution is 2.31. The van der Waals surface area contributed by atoms with Gasteiger partial charge in [0.1, 0.15) is 5.60 Å². The number of benzene rings is 2. The van der Waals surface area contributed by atoms with Crippen LogP contribution in [0.1, 0.15) is 19.5 Å². The van der Waals surface area contributed by atoms with E-state index >= 15 is 0 Å². The molecule has 6 nitrogen and oxygen atoms in total. The van der Waals surface area contributed by atoms with Crippen molar-refractivity contribution in [3.8, 4) is 28.2 Å². The van der Waals surface area contributed by atoms with E-state index in [1.54, 1.807) is 55.1 Å². The maximum Gasteiger partial charge on any atom is 0.175 e. The molecular formula is C24H22ClN3O3S. The summed E-state index contributed by atoms with van der Waals surface area (Å²) in [5.74, 6) is 0. The van der Waals surface area contributed by atoms with Gasteiger partial charge in [-0.25, -0.2) is 13.1 Å². The number of rotatable bonds is 5. The Labute approximate surface area is 192 Å². The average molecular weight is 468 g/mol. The van der Waals surface area contributed by atoms with E-state index in [0.717, 1.165) is 11.1 Å². The fraction of sp³-hybridized carbons (Fsp3) is 0.167. The smallest absolute Gasteiger partial charge is 0.175 e. The molecule has 0 unspecified atom stereocenters. The van der Waals surface area contributed by atoms with Crippen molar-refractivity contribution in [3.05, 3.63) is 83.6 Å². The van der Waals surface area contributed by atoms with E-state index in [2.05, 4.69) is 10.1 Å². The third-order valence-electron chi connectivity index (χ3n) is 5.04. The van der Waals surface area contributed by atoms with Crippen LogP contribution in [0.4, 0.5) is 0 Å². The first-order valence-electron chi connectivity index (χ1n) is 9.89. The number of para-hydroxylation sites is 1. The summed E-state index contributed by atoms with van der Waals surface area (Å²) in [6.07, 6.45) is 2.87. The van der Waals surface area contributed by atoms with Gasteiger partial charge < -0.3 is 5.11 Å². The minimum Gasteiger partial charge on any atom is -0.384 e. The summed E-state index contributed by atoms with van der Waals surface area (Å²) in [6.45, 7) is 3.34. The van der Waals surface area contributed by atoms with Crippen LogP contribution in [0.5, 0.6) is 0 Å². The fourth-order valence-corrected chi connectivity index (χ4v) is 4.17. The van der Waals surface area contributed by atoms with Gasteiger partial charge in [-0.2, -0.15) is 5.10 Å². The van der Waals surface area contributed by atoms with Crippen molar-refractivity contribution in [1.29, 1.82) is 0 Å². The maximum absolute atomic E-state index is 11.9. The minimum absolute atomic E-state index is 0.255. The van der Waals surface area contributed by atoms with Gasteiger partial charge in [0.2, 0.25) is 0 Å². The molecule has 0 amide bonds. The largest absolute Gasteiger partial charge is 0.384 e. The Morgan fingerprint density at radius 1 is 0.969 bits per heavy atom. The van der Waals surface area contributed by atoms with Gasteiger partial charge in [-0.05, 0) is 55.8 Å². The molecule has 4 aromatic rings. The number of nitrogens with zero attached hydrogens (tertiary/aromatic N) is 3. The van der Waals surface area contributed by atoms with Gasteiger partial charge in [0.15, 0.2) is 9.84 Å². The summed E-state index contributed by atoms with van der Waals surface area (Å²) in [5.41, 5.74) is 2.86. The summed E-state index contributed by atoms with van der Waals surface area (Å²) in [4.78, 5) is 4.85. The number of aromatic nitrogens is 3. The van der Waals surface area contributed by atoms with Crippen LogP contribution in [-0.2, 0) is 15.4 Å². The van der Waals surface area contributed by atoms with E-state index in [0.29, 0.717) is 27.8 Å². The second kappa shape index (κ2) is 8.16. The number of halogens is 1. The summed E-state index contributed by atoms with van der Waals surface area (Å²) in [6, 6.07) is 19.6. The average Bonchev–Trinajstić information content (AvgIpc) is 3.19. The Bertz CT molecular complexity index is 1390. The third-order valence-corrected chi connectivity index (χ3v) is 6.47. The highest BCUT2D eigenvalue weighted by atomic mass is 35.5. The molecule has 164 valence electrons. The number of pyridine rings is 1. The van der Waals surface area contributed by atoms with Crippen LogP contribution >= 0.6 is 11.6 Å². The summed E-state index contributed by atoms with van der Waals surface area (Å²) in [7, 11) is -3.30. The fourth-order valence-electron chi connectivity index (χ4n) is 3.29. The van der Waals surface area contributed by atoms with Gasteiger partial charge in [-0.3, -0.25) is 4.98 Å². The second-order valence-electron chi connectivity index (χ2n) is 8.07. The van der Waals surface area contributed by atoms with Crippen LogP contribution < -0.4 is 0 Å². The molecule has 2 aromatic carbocycles. The second-order valence-corrected chi connectivity index (χ2v) is 10.5. The monoisotopic (exact) mass is 467 g/mol. The van der Waals surface area contributed by atoms with Gasteiger partial charge in [0.05, 0.1) is 32.7 Å². The molecule has 2 aromatic heterocycles. The van der Waals surface area contributed by atoms with Crippen molar-refractivity contribution in [2.75, 3.05) is 6.26 Å². The van der Waals surface area contributed by atoms with E-state index in [4.69, 9.17) is 11.6 Å². The van der Waals surface area contributed by atoms with Crippen molar-refractivity contribution in [2.24, 2.45) is 0 Å². The Kier molecular flexibility index (Phi) is 5.67. The van der Waals surface area contributed by atoms with Gasteiger partial charge in [-0.1, -0.05) is 41.9 Å². The Morgan fingerprint density at radius 3 is 2.34 bits per heavy atom. The van der Waals surface area contributed by atoms with Crippen molar-refractivity contribution >= 4 is 21.4 Å². The highest BCUT2D eigenvalue weighted by molar-refractivity contribution is 7.90. The Morgan fingerprint density at radius 2 is 1.72 bits per heavy atom. The first-order valence-corrected chi connectivity index (χ1v) is 12.2. The lowest BCUT2D eigenvalue weighted by molar-refractivity contribution is 0.0734. The molecule has 0 saturated carbocycles. The predicted molar refractivity (Wildman–Crippen MR) is 126 cm³/mol. The van der Waals surface area contributed by atoms with Crippen molar-refractivity contribution in [1.82, 2.24) is 14.8 Å². The first-order chi connectivity index (χ1) is 15.0. The Balaban J connectivity index is 1.80. The van der Waals surface area contributed by atoms with Crippen molar-refractivity contribution in [2.45, 2.75) is 24.3 Å². The molecule has 0 spiro atoms. The zero-order chi connectivity index (χ0) is 23.1. The number of aliphatic hydroxyl groups is 1. The van der Waals surface area contributed by atoms with E-state index < -0.39 is 15.4 Å². The summed E-state index contributed by atoms with van der Waals surface area (Å²) < 4.78 is 25.4. The zero-order valence-corrected chi connectivity index (χ0v) is 19.4. The molecule has 0 radical (unpaired) electrons. The van der Waals surface area contributed by atoms with Crippen LogP contribution in [0.15, 0.2) is 77.8 Å². The van der Waals surface area contributed by atoms with Crippen LogP contribution in [0, 0.1) is 0 Å². The quantitative estimate of drug-likeness (QED) is 0.452. The minimum atomic E-state index is -3.30. The van der Waals surface area contributed by atoms with Crippen LogP contribution in [0.3, 0.4) is 0 Å². The predicted octanol–water partition coefficient (Wildman–Crippen LogP) is 4.89. The molecule has 0 atom stereocenters. The molecule has 8 heteroatoms. The lowest BCUT2D eigenvalue weighted by atomic mass is 10.0. The number of hydrogen-bond donors (Lipinski definition) is 1. The van der Waals surface area contributed by atoms with E-state index in [1.807, 2.05) is 36.4 Å². The first kappa shape index (κ1) is 22.2. The molecule has 0 fully saturated rings. The molecule has 2 heterocycles. The molecule has 4 rings (SSSR count). The summed E-state index contributed by atoms with van der Waals surface area (Å²) >= 11 is 6.41. The molecular weight excluding hydrogens is 446 g/mol. The molecule has 0 bridgehead atoms. The molecule has 0 aliphatic rings. The third kappa shape index (κ3) is 4.46. The van der Waals surface area contributed by atoms with E-state index in [1.165, 1.54) is 6.26 Å². The van der Waals surface area contributed by atoms with Gasteiger partial charge in [0, 0.05) is 18.0 Å². The molecule has 0 aliphatic heterocycles. The van der Waals surface area contributed by atoms with Gasteiger partial charge in [0.25, 0.3) is 0 Å². The lowest BCUT2D eigenvalue weighted by Gasteiger charge is -2.13. The number of sulfone groups is 1. The summed E-state index contributed by atoms with van der Waals surface area (Å²) in [5, 5.41) is 15.6.